The fourth-order valence-corrected chi connectivity index (χ4v) is 6.73. The summed E-state index contributed by atoms with van der Waals surface area (Å²) in [6, 6.07) is 0. The van der Waals surface area contributed by atoms with Crippen molar-refractivity contribution in [3.63, 3.8) is 0 Å². The number of nitrogens with zero attached hydrogens (tertiary/aromatic N) is 1. The van der Waals surface area contributed by atoms with E-state index in [0.29, 0.717) is 17.4 Å². The molecule has 0 aliphatic rings. The number of hydrogen-bond acceptors (Lipinski definition) is 7. The Labute approximate surface area is 332 Å². The van der Waals surface area contributed by atoms with E-state index in [2.05, 4.69) is 38.2 Å². The maximum absolute atomic E-state index is 12.7. The molecule has 318 valence electrons. The second-order valence-corrected chi connectivity index (χ2v) is 17.5. The van der Waals surface area contributed by atoms with Crippen molar-refractivity contribution in [3.8, 4) is 0 Å². The molecule has 2 atom stereocenters. The number of phosphoric acid groups is 1. The van der Waals surface area contributed by atoms with Gasteiger partial charge in [-0.15, -0.1) is 0 Å². The smallest absolute Gasteiger partial charge is 0.462 e. The van der Waals surface area contributed by atoms with Gasteiger partial charge in [0.25, 0.3) is 0 Å². The Hall–Kier alpha value is -1.51. The number of likely N-dealkylation sites (N-methyl/N-ethyl adjacent to an activating group) is 1. The quantitative estimate of drug-likeness (QED) is 0.0215. The van der Waals surface area contributed by atoms with Crippen molar-refractivity contribution in [2.75, 3.05) is 47.5 Å². The van der Waals surface area contributed by atoms with Crippen LogP contribution in [0.5, 0.6) is 0 Å². The van der Waals surface area contributed by atoms with Gasteiger partial charge in [-0.2, -0.15) is 0 Å². The van der Waals surface area contributed by atoms with Crippen molar-refractivity contribution in [3.05, 3.63) is 24.3 Å². The van der Waals surface area contributed by atoms with Gasteiger partial charge >= 0.3 is 19.8 Å². The van der Waals surface area contributed by atoms with Crippen molar-refractivity contribution in [1.82, 2.24) is 0 Å². The van der Waals surface area contributed by atoms with E-state index in [1.54, 1.807) is 0 Å². The van der Waals surface area contributed by atoms with Crippen LogP contribution in [0.1, 0.15) is 194 Å². The van der Waals surface area contributed by atoms with E-state index >= 15 is 0 Å². The van der Waals surface area contributed by atoms with Gasteiger partial charge in [-0.05, 0) is 44.9 Å². The number of unbranched alkanes of at least 4 members (excludes halogenated alkanes) is 22. The summed E-state index contributed by atoms with van der Waals surface area (Å²) in [7, 11) is 1.46. The van der Waals surface area contributed by atoms with Gasteiger partial charge in [-0.25, -0.2) is 4.57 Å². The number of carbonyl (C=O) groups is 2. The van der Waals surface area contributed by atoms with Crippen LogP contribution in [0, 0.1) is 0 Å². The Balaban J connectivity index is 4.40. The molecular weight excluding hydrogens is 701 g/mol. The molecule has 0 fully saturated rings. The van der Waals surface area contributed by atoms with Gasteiger partial charge in [0.1, 0.15) is 19.8 Å². The van der Waals surface area contributed by atoms with Crippen LogP contribution < -0.4 is 0 Å². The number of ether oxygens (including phenoxy) is 2. The predicted molar refractivity (Wildman–Crippen MR) is 224 cm³/mol. The van der Waals surface area contributed by atoms with E-state index in [9.17, 15) is 19.0 Å². The maximum atomic E-state index is 12.7. The van der Waals surface area contributed by atoms with Crippen molar-refractivity contribution >= 4 is 19.8 Å². The SMILES string of the molecule is CCCCCCCC/C=C/C/C=C/CCCCC(=O)O[C@H](COC(=O)CCCCCCCCCCCCCCCCC)COP(=O)(O)OCC[N+](C)(C)C. The van der Waals surface area contributed by atoms with Gasteiger partial charge in [-0.1, -0.05) is 160 Å². The molecule has 0 aromatic rings. The number of hydrogen-bond donors (Lipinski definition) is 1. The second-order valence-electron chi connectivity index (χ2n) is 16.1. The summed E-state index contributed by atoms with van der Waals surface area (Å²) in [6.45, 7) is 4.39. The fraction of sp³-hybridized carbons (Fsp3) is 0.864. The van der Waals surface area contributed by atoms with Crippen molar-refractivity contribution < 1.29 is 42.1 Å². The molecule has 9 nitrogen and oxygen atoms in total. The first-order valence-corrected chi connectivity index (χ1v) is 23.6. The second kappa shape index (κ2) is 37.1. The minimum atomic E-state index is -4.38. The van der Waals surface area contributed by atoms with Crippen LogP contribution in [0.4, 0.5) is 0 Å². The van der Waals surface area contributed by atoms with Crippen LogP contribution >= 0.6 is 7.82 Å². The lowest BCUT2D eigenvalue weighted by Crippen LogP contribution is -2.37. The highest BCUT2D eigenvalue weighted by Crippen LogP contribution is 2.43. The van der Waals surface area contributed by atoms with E-state index in [0.717, 1.165) is 44.9 Å². The number of quaternary nitrogens is 1. The number of carbonyl (C=O) groups excluding carboxylic acids is 2. The molecule has 1 unspecified atom stereocenters. The van der Waals surface area contributed by atoms with E-state index in [1.807, 2.05) is 21.1 Å². The lowest BCUT2D eigenvalue weighted by Gasteiger charge is -2.24. The molecule has 0 amide bonds. The molecule has 0 bridgehead atoms. The van der Waals surface area contributed by atoms with Crippen molar-refractivity contribution in [2.45, 2.75) is 200 Å². The minimum absolute atomic E-state index is 0.0277. The predicted octanol–water partition coefficient (Wildman–Crippen LogP) is 12.4. The molecule has 0 rings (SSSR count). The van der Waals surface area contributed by atoms with E-state index in [4.69, 9.17) is 18.5 Å². The average Bonchev–Trinajstić information content (AvgIpc) is 3.12. The highest BCUT2D eigenvalue weighted by molar-refractivity contribution is 7.47. The molecule has 0 saturated heterocycles. The molecule has 0 aromatic carbocycles. The molecule has 0 heterocycles. The van der Waals surface area contributed by atoms with Gasteiger partial charge < -0.3 is 18.9 Å². The third-order valence-corrected chi connectivity index (χ3v) is 10.5. The molecule has 54 heavy (non-hydrogen) atoms. The summed E-state index contributed by atoms with van der Waals surface area (Å²) < 4.78 is 34.3. The van der Waals surface area contributed by atoms with Crippen molar-refractivity contribution in [1.29, 1.82) is 0 Å². The zero-order chi connectivity index (χ0) is 40.0. The van der Waals surface area contributed by atoms with Crippen LogP contribution in [0.25, 0.3) is 0 Å². The Morgan fingerprint density at radius 2 is 1.00 bits per heavy atom. The zero-order valence-corrected chi connectivity index (χ0v) is 36.6. The van der Waals surface area contributed by atoms with Gasteiger partial charge in [-0.3, -0.25) is 18.6 Å². The monoisotopic (exact) mass is 787 g/mol. The lowest BCUT2D eigenvalue weighted by atomic mass is 10.0. The summed E-state index contributed by atoms with van der Waals surface area (Å²) in [6.07, 6.45) is 39.4. The molecule has 10 heteroatoms. The Morgan fingerprint density at radius 3 is 1.50 bits per heavy atom. The van der Waals surface area contributed by atoms with Crippen LogP contribution in [-0.4, -0.2) is 74.9 Å². The average molecular weight is 787 g/mol. The zero-order valence-electron chi connectivity index (χ0n) is 35.7. The summed E-state index contributed by atoms with van der Waals surface area (Å²) in [5, 5.41) is 0. The van der Waals surface area contributed by atoms with Crippen molar-refractivity contribution in [2.24, 2.45) is 0 Å². The van der Waals surface area contributed by atoms with Crippen LogP contribution in [0.15, 0.2) is 24.3 Å². The van der Waals surface area contributed by atoms with Gasteiger partial charge in [0.2, 0.25) is 0 Å². The molecule has 0 aromatic heterocycles. The molecule has 1 N–H and O–H groups in total. The lowest BCUT2D eigenvalue weighted by molar-refractivity contribution is -0.870. The van der Waals surface area contributed by atoms with Gasteiger partial charge in [0.05, 0.1) is 27.7 Å². The molecular formula is C44H85NO8P+. The summed E-state index contributed by atoms with van der Waals surface area (Å²) in [4.78, 5) is 35.3. The molecule has 0 aliphatic carbocycles. The summed E-state index contributed by atoms with van der Waals surface area (Å²) in [5.74, 6) is -0.830. The van der Waals surface area contributed by atoms with Crippen LogP contribution in [-0.2, 0) is 32.7 Å². The van der Waals surface area contributed by atoms with Crippen LogP contribution in [0.3, 0.4) is 0 Å². The number of phosphoric ester groups is 1. The summed E-state index contributed by atoms with van der Waals surface area (Å²) in [5.41, 5.74) is 0. The highest BCUT2D eigenvalue weighted by atomic mass is 31.2. The number of rotatable bonds is 40. The fourth-order valence-electron chi connectivity index (χ4n) is 5.99. The highest BCUT2D eigenvalue weighted by Gasteiger charge is 2.27. The first-order chi connectivity index (χ1) is 26.0. The number of esters is 2. The third-order valence-electron chi connectivity index (χ3n) is 9.48. The normalized spacial score (nSPS) is 13.8. The third kappa shape index (κ3) is 40.2. The summed E-state index contributed by atoms with van der Waals surface area (Å²) >= 11 is 0. The van der Waals surface area contributed by atoms with E-state index in [-0.39, 0.29) is 32.0 Å². The first kappa shape index (κ1) is 52.5. The topological polar surface area (TPSA) is 108 Å². The van der Waals surface area contributed by atoms with E-state index in [1.165, 1.54) is 116 Å². The molecule has 0 radical (unpaired) electrons. The Morgan fingerprint density at radius 1 is 0.574 bits per heavy atom. The molecule has 0 aliphatic heterocycles. The minimum Gasteiger partial charge on any atom is -0.462 e. The standard InChI is InChI=1S/C44H84NO8P/c1-6-8-10-12-14-16-18-20-22-24-26-28-30-32-34-36-43(46)50-40-42(41-52-54(48,49)51-39-38-45(3,4)5)53-44(47)37-35-33-31-29-27-25-23-21-19-17-15-13-11-9-7-2/h21,23,27,29,42H,6-20,22,24-26,28,30-41H2,1-5H3/p+1/b23-21+,29-27+/t42-/m1/s1. The number of allylic oxidation sites excluding steroid dienone is 4. The Bertz CT molecular complexity index is 980. The molecule has 0 spiro atoms. The van der Waals surface area contributed by atoms with E-state index < -0.39 is 26.5 Å². The first-order valence-electron chi connectivity index (χ1n) is 22.1. The molecule has 0 saturated carbocycles. The van der Waals surface area contributed by atoms with Gasteiger partial charge in [0.15, 0.2) is 6.10 Å². The Kier molecular flexibility index (Phi) is 36.1. The van der Waals surface area contributed by atoms with Crippen LogP contribution in [0.2, 0.25) is 0 Å². The van der Waals surface area contributed by atoms with Gasteiger partial charge in [0, 0.05) is 12.8 Å². The largest absolute Gasteiger partial charge is 0.472 e. The maximum Gasteiger partial charge on any atom is 0.472 e.